The number of aryl methyl sites for hydroxylation is 1. The summed E-state index contributed by atoms with van der Waals surface area (Å²) in [4.78, 5) is 58.1. The highest BCUT2D eigenvalue weighted by Crippen LogP contribution is 2.63. The van der Waals surface area contributed by atoms with E-state index in [1.54, 1.807) is 60.7 Å². The molecule has 50 heavy (non-hydrogen) atoms. The lowest BCUT2D eigenvalue weighted by molar-refractivity contribution is -0.138. The van der Waals surface area contributed by atoms with Gasteiger partial charge in [0.25, 0.3) is 11.8 Å². The first-order valence-corrected chi connectivity index (χ1v) is 16.7. The lowest BCUT2D eigenvalue weighted by Gasteiger charge is -2.49. The molecular weight excluding hydrogens is 634 g/mol. The molecule has 11 nitrogen and oxygen atoms in total. The minimum atomic E-state index is -1.53. The van der Waals surface area contributed by atoms with E-state index >= 15 is 4.79 Å². The van der Waals surface area contributed by atoms with Crippen LogP contribution in [0.25, 0.3) is 5.69 Å². The zero-order chi connectivity index (χ0) is 34.7. The Morgan fingerprint density at radius 2 is 1.56 bits per heavy atom. The van der Waals surface area contributed by atoms with Gasteiger partial charge in [-0.1, -0.05) is 84.4 Å². The fraction of sp³-hybridized carbons (Fsp3) is 0.231. The van der Waals surface area contributed by atoms with Crippen LogP contribution in [0.4, 0.5) is 5.69 Å². The number of rotatable bonds is 7. The number of amides is 2. The number of hydrogen-bond donors (Lipinski definition) is 2. The van der Waals surface area contributed by atoms with Crippen LogP contribution < -0.4 is 21.5 Å². The molecule has 0 radical (unpaired) electrons. The molecule has 5 aromatic rings. The summed E-state index contributed by atoms with van der Waals surface area (Å²) in [5.41, 5.74) is 4.11. The number of nitrogens with zero attached hydrogens (tertiary/aromatic N) is 4. The molecule has 4 aromatic carbocycles. The van der Waals surface area contributed by atoms with Gasteiger partial charge in [-0.2, -0.15) is 5.01 Å². The van der Waals surface area contributed by atoms with Gasteiger partial charge in [0, 0.05) is 11.5 Å². The molecule has 1 aliphatic carbocycles. The van der Waals surface area contributed by atoms with Crippen LogP contribution in [-0.2, 0) is 21.5 Å². The molecule has 8 rings (SSSR count). The topological polar surface area (TPSA) is 128 Å². The Morgan fingerprint density at radius 1 is 0.860 bits per heavy atom. The normalized spacial score (nSPS) is 22.4. The molecule has 0 bridgehead atoms. The van der Waals surface area contributed by atoms with Crippen molar-refractivity contribution in [1.82, 2.24) is 18.9 Å². The highest BCUT2D eigenvalue weighted by Gasteiger charge is 2.69. The third-order valence-electron chi connectivity index (χ3n) is 10.3. The molecule has 4 unspecified atom stereocenters. The van der Waals surface area contributed by atoms with Crippen molar-refractivity contribution in [3.8, 4) is 17.2 Å². The molecule has 2 N–H and O–H groups in total. The number of carbonyl (C=O) groups is 2. The van der Waals surface area contributed by atoms with Crippen molar-refractivity contribution in [2.75, 3.05) is 12.0 Å². The van der Waals surface area contributed by atoms with Crippen LogP contribution in [-0.4, -0.2) is 42.5 Å². The number of para-hydroxylation sites is 2. The number of hydrogen-bond acceptors (Lipinski definition) is 7. The van der Waals surface area contributed by atoms with Crippen LogP contribution >= 0.6 is 0 Å². The number of aromatic hydroxyl groups is 1. The van der Waals surface area contributed by atoms with Gasteiger partial charge in [0.1, 0.15) is 0 Å². The zero-order valence-electron chi connectivity index (χ0n) is 27.5. The molecular formula is C39H35N5O6. The second-order valence-electron chi connectivity index (χ2n) is 12.9. The first kappa shape index (κ1) is 31.2. The third kappa shape index (κ3) is 4.42. The average Bonchev–Trinajstić information content (AvgIpc) is 3.52. The van der Waals surface area contributed by atoms with Crippen molar-refractivity contribution in [2.24, 2.45) is 5.92 Å². The van der Waals surface area contributed by atoms with Crippen molar-refractivity contribution in [1.29, 1.82) is 0 Å². The van der Waals surface area contributed by atoms with Crippen molar-refractivity contribution in [3.05, 3.63) is 152 Å². The Hall–Kier alpha value is -6.10. The van der Waals surface area contributed by atoms with Crippen LogP contribution in [0, 0.1) is 12.8 Å². The van der Waals surface area contributed by atoms with Gasteiger partial charge in [-0.25, -0.2) is 23.5 Å². The number of phenolic OH excluding ortho intramolecular Hbond substituents is 1. The zero-order valence-corrected chi connectivity index (χ0v) is 27.5. The standard InChI is InChI=1S/C39H35N5O6/c1-3-50-32-16-10-15-29(34(32)45)33-28-21-22-41-37(48)42(27-13-8-5-9-14-27)38(49)44(41)31(28)23-30-35(46)43(40-26-19-17-24(2)18-20-26)36(47)39(30,33)25-11-6-4-7-12-25/h4-21,30-31,33,40,45H,3,22-23H2,1-2H3. The third-order valence-corrected chi connectivity index (χ3v) is 10.3. The molecule has 252 valence electrons. The summed E-state index contributed by atoms with van der Waals surface area (Å²) in [5.74, 6) is -2.80. The van der Waals surface area contributed by atoms with Gasteiger partial charge < -0.3 is 9.84 Å². The molecule has 0 spiro atoms. The first-order valence-electron chi connectivity index (χ1n) is 16.7. The van der Waals surface area contributed by atoms with E-state index in [-0.39, 0.29) is 24.5 Å². The quantitative estimate of drug-likeness (QED) is 0.188. The molecule has 2 fully saturated rings. The number of fused-ring (bicyclic) bond motifs is 4. The summed E-state index contributed by atoms with van der Waals surface area (Å²) in [5, 5.41) is 12.9. The molecule has 1 saturated carbocycles. The van der Waals surface area contributed by atoms with Crippen LogP contribution in [0.2, 0.25) is 0 Å². The monoisotopic (exact) mass is 669 g/mol. The number of imide groups is 1. The maximum Gasteiger partial charge on any atom is 0.352 e. The summed E-state index contributed by atoms with van der Waals surface area (Å²) < 4.78 is 9.74. The van der Waals surface area contributed by atoms with E-state index in [1.807, 2.05) is 62.4 Å². The highest BCUT2D eigenvalue weighted by atomic mass is 16.5. The molecule has 4 atom stereocenters. The largest absolute Gasteiger partial charge is 0.504 e. The SMILES string of the molecule is CCOc1cccc(C2C3=CCn4c(=O)n(-c5ccccc5)c(=O)n4C3CC3C(=O)N(Nc4ccc(C)cc4)C(=O)C32c2ccccc2)c1O. The van der Waals surface area contributed by atoms with E-state index in [0.717, 1.165) is 15.1 Å². The van der Waals surface area contributed by atoms with Crippen molar-refractivity contribution in [3.63, 3.8) is 0 Å². The van der Waals surface area contributed by atoms with Crippen molar-refractivity contribution >= 4 is 17.5 Å². The predicted molar refractivity (Wildman–Crippen MR) is 186 cm³/mol. The Bertz CT molecular complexity index is 2290. The number of hydrazine groups is 1. The molecule has 3 heterocycles. The summed E-state index contributed by atoms with van der Waals surface area (Å²) in [6, 6.07) is 29.6. The number of phenols is 1. The maximum atomic E-state index is 15.3. The molecule has 1 saturated heterocycles. The van der Waals surface area contributed by atoms with E-state index in [1.165, 1.54) is 9.36 Å². The van der Waals surface area contributed by atoms with E-state index in [2.05, 4.69) is 5.43 Å². The van der Waals surface area contributed by atoms with Gasteiger partial charge in [-0.3, -0.25) is 15.0 Å². The Kier molecular flexibility index (Phi) is 7.36. The maximum absolute atomic E-state index is 15.3. The minimum Gasteiger partial charge on any atom is -0.504 e. The summed E-state index contributed by atoms with van der Waals surface area (Å²) in [6.07, 6.45) is 1.92. The van der Waals surface area contributed by atoms with Crippen molar-refractivity contribution < 1.29 is 19.4 Å². The average molecular weight is 670 g/mol. The Morgan fingerprint density at radius 3 is 2.26 bits per heavy atom. The fourth-order valence-electron chi connectivity index (χ4n) is 8.20. The lowest BCUT2D eigenvalue weighted by atomic mass is 9.53. The molecule has 1 aromatic heterocycles. The Balaban J connectivity index is 1.39. The number of nitrogens with one attached hydrogen (secondary N) is 1. The minimum absolute atomic E-state index is 0.0468. The molecule has 3 aliphatic rings. The van der Waals surface area contributed by atoms with Gasteiger partial charge in [-0.05, 0) is 61.7 Å². The fourth-order valence-corrected chi connectivity index (χ4v) is 8.20. The van der Waals surface area contributed by atoms with E-state index in [9.17, 15) is 19.5 Å². The van der Waals surface area contributed by atoms with Gasteiger partial charge >= 0.3 is 11.4 Å². The van der Waals surface area contributed by atoms with Gasteiger partial charge in [-0.15, -0.1) is 0 Å². The van der Waals surface area contributed by atoms with Gasteiger partial charge in [0.2, 0.25) is 0 Å². The number of allylic oxidation sites excluding steroid dienone is 2. The first-order chi connectivity index (χ1) is 24.3. The van der Waals surface area contributed by atoms with E-state index in [0.29, 0.717) is 34.7 Å². The van der Waals surface area contributed by atoms with E-state index in [4.69, 9.17) is 4.74 Å². The molecule has 2 aliphatic heterocycles. The number of ether oxygens (including phenoxy) is 1. The summed E-state index contributed by atoms with van der Waals surface area (Å²) in [6.45, 7) is 4.10. The number of aromatic nitrogens is 3. The van der Waals surface area contributed by atoms with Crippen LogP contribution in [0.3, 0.4) is 0 Å². The van der Waals surface area contributed by atoms with Crippen molar-refractivity contribution in [2.45, 2.75) is 44.2 Å². The number of anilines is 1. The van der Waals surface area contributed by atoms with Crippen LogP contribution in [0.1, 0.15) is 42.0 Å². The number of carbonyl (C=O) groups excluding carboxylic acids is 2. The summed E-state index contributed by atoms with van der Waals surface area (Å²) in [7, 11) is 0. The molecule has 11 heteroatoms. The van der Waals surface area contributed by atoms with Gasteiger partial charge in [0.05, 0.1) is 41.9 Å². The lowest BCUT2D eigenvalue weighted by Crippen LogP contribution is -2.53. The van der Waals surface area contributed by atoms with Crippen LogP contribution in [0.5, 0.6) is 11.5 Å². The van der Waals surface area contributed by atoms with E-state index < -0.39 is 46.5 Å². The number of benzene rings is 4. The Labute approximate surface area is 287 Å². The second-order valence-corrected chi connectivity index (χ2v) is 12.9. The predicted octanol–water partition coefficient (Wildman–Crippen LogP) is 4.83. The summed E-state index contributed by atoms with van der Waals surface area (Å²) >= 11 is 0. The smallest absolute Gasteiger partial charge is 0.352 e. The van der Waals surface area contributed by atoms with Gasteiger partial charge in [0.15, 0.2) is 11.5 Å². The highest BCUT2D eigenvalue weighted by molar-refractivity contribution is 6.12. The second kappa shape index (κ2) is 11.8. The molecule has 2 amide bonds. The van der Waals surface area contributed by atoms with Crippen LogP contribution in [0.15, 0.2) is 124 Å².